The molecule has 0 radical (unpaired) electrons. The standard InChI is InChI=1S/C8H12F2O5/c1-3-4(2-11)15-8(10,7(13)14)6(9)5(3)12/h3-6,11-12H,2H2,1H3,(H,13,14). The van der Waals surface area contributed by atoms with Crippen LogP contribution in [0.4, 0.5) is 8.78 Å². The molecule has 0 bridgehead atoms. The molecule has 5 nitrogen and oxygen atoms in total. The number of hydrogen-bond acceptors (Lipinski definition) is 4. The Kier molecular flexibility index (Phi) is 3.27. The first-order valence-electron chi connectivity index (χ1n) is 4.37. The summed E-state index contributed by atoms with van der Waals surface area (Å²) in [7, 11) is 0. The molecule has 15 heavy (non-hydrogen) atoms. The van der Waals surface area contributed by atoms with Crippen molar-refractivity contribution in [2.24, 2.45) is 5.92 Å². The predicted molar refractivity (Wildman–Crippen MR) is 43.5 cm³/mol. The Balaban J connectivity index is 2.97. The van der Waals surface area contributed by atoms with Gasteiger partial charge in [-0.3, -0.25) is 0 Å². The number of carboxylic acid groups (broad SMARTS) is 1. The molecule has 0 aromatic carbocycles. The van der Waals surface area contributed by atoms with Crippen LogP contribution < -0.4 is 0 Å². The van der Waals surface area contributed by atoms with E-state index in [1.165, 1.54) is 6.92 Å². The highest BCUT2D eigenvalue weighted by atomic mass is 19.2. The topological polar surface area (TPSA) is 87.0 Å². The molecule has 1 heterocycles. The van der Waals surface area contributed by atoms with E-state index in [2.05, 4.69) is 4.74 Å². The van der Waals surface area contributed by atoms with Crippen LogP contribution in [0.25, 0.3) is 0 Å². The molecular formula is C8H12F2O5. The molecule has 1 aliphatic heterocycles. The predicted octanol–water partition coefficient (Wildman–Crippen LogP) is -0.537. The number of rotatable bonds is 2. The molecule has 0 amide bonds. The molecule has 0 aromatic heterocycles. The van der Waals surface area contributed by atoms with Crippen LogP contribution in [0.1, 0.15) is 6.92 Å². The number of aliphatic carboxylic acids is 1. The first-order chi connectivity index (χ1) is 6.84. The molecule has 5 atom stereocenters. The summed E-state index contributed by atoms with van der Waals surface area (Å²) in [6.45, 7) is 0.642. The van der Waals surface area contributed by atoms with Crippen LogP contribution in [0.5, 0.6) is 0 Å². The number of carboxylic acids is 1. The van der Waals surface area contributed by atoms with E-state index in [1.807, 2.05) is 0 Å². The summed E-state index contributed by atoms with van der Waals surface area (Å²) >= 11 is 0. The van der Waals surface area contributed by atoms with Crippen LogP contribution in [0.2, 0.25) is 0 Å². The lowest BCUT2D eigenvalue weighted by Gasteiger charge is -2.41. The minimum absolute atomic E-state index is 0.691. The number of hydrogen-bond donors (Lipinski definition) is 3. The second-order valence-electron chi connectivity index (χ2n) is 3.54. The Hall–Kier alpha value is -0.790. The SMILES string of the molecule is CC1C(CO)OC(F)(C(=O)O)C(F)C1O. The van der Waals surface area contributed by atoms with Crippen LogP contribution >= 0.6 is 0 Å². The van der Waals surface area contributed by atoms with Crippen molar-refractivity contribution >= 4 is 5.97 Å². The number of aliphatic hydroxyl groups is 2. The molecule has 1 aliphatic rings. The van der Waals surface area contributed by atoms with E-state index in [1.54, 1.807) is 0 Å². The van der Waals surface area contributed by atoms with Crippen molar-refractivity contribution in [2.75, 3.05) is 6.61 Å². The van der Waals surface area contributed by atoms with E-state index in [0.717, 1.165) is 0 Å². The zero-order valence-electron chi connectivity index (χ0n) is 7.93. The van der Waals surface area contributed by atoms with Gasteiger partial charge >= 0.3 is 11.8 Å². The number of carbonyl (C=O) groups is 1. The first-order valence-corrected chi connectivity index (χ1v) is 4.37. The molecular weight excluding hydrogens is 214 g/mol. The van der Waals surface area contributed by atoms with Gasteiger partial charge in [0, 0.05) is 5.92 Å². The van der Waals surface area contributed by atoms with E-state index < -0.39 is 42.7 Å². The van der Waals surface area contributed by atoms with E-state index >= 15 is 0 Å². The van der Waals surface area contributed by atoms with Gasteiger partial charge < -0.3 is 20.1 Å². The number of aliphatic hydroxyl groups excluding tert-OH is 2. The lowest BCUT2D eigenvalue weighted by atomic mass is 9.88. The molecule has 3 N–H and O–H groups in total. The normalized spacial score (nSPS) is 46.5. The summed E-state index contributed by atoms with van der Waals surface area (Å²) in [5.74, 6) is -6.63. The molecule has 7 heteroatoms. The molecule has 0 spiro atoms. The van der Waals surface area contributed by atoms with Crippen LogP contribution in [0.15, 0.2) is 0 Å². The Morgan fingerprint density at radius 3 is 2.53 bits per heavy atom. The number of ether oxygens (including phenoxy) is 1. The van der Waals surface area contributed by atoms with E-state index in [-0.39, 0.29) is 0 Å². The maximum atomic E-state index is 13.5. The van der Waals surface area contributed by atoms with E-state index in [0.29, 0.717) is 0 Å². The summed E-state index contributed by atoms with van der Waals surface area (Å²) in [6, 6.07) is 0. The Morgan fingerprint density at radius 2 is 2.13 bits per heavy atom. The van der Waals surface area contributed by atoms with Gasteiger partial charge in [-0.1, -0.05) is 6.92 Å². The minimum atomic E-state index is -3.60. The Morgan fingerprint density at radius 1 is 1.60 bits per heavy atom. The van der Waals surface area contributed by atoms with E-state index in [4.69, 9.17) is 10.2 Å². The van der Waals surface area contributed by atoms with Gasteiger partial charge in [-0.05, 0) is 0 Å². The zero-order valence-corrected chi connectivity index (χ0v) is 7.93. The maximum Gasteiger partial charge on any atom is 0.372 e. The molecule has 1 rings (SSSR count). The van der Waals surface area contributed by atoms with Crippen LogP contribution in [0, 0.1) is 5.92 Å². The van der Waals surface area contributed by atoms with Gasteiger partial charge in [0.15, 0.2) is 6.17 Å². The lowest BCUT2D eigenvalue weighted by molar-refractivity contribution is -0.286. The van der Waals surface area contributed by atoms with Crippen molar-refractivity contribution < 1.29 is 33.6 Å². The first kappa shape index (κ1) is 12.3. The fourth-order valence-electron chi connectivity index (χ4n) is 1.47. The van der Waals surface area contributed by atoms with Crippen LogP contribution in [0.3, 0.4) is 0 Å². The average molecular weight is 226 g/mol. The second-order valence-corrected chi connectivity index (χ2v) is 3.54. The summed E-state index contributed by atoms with van der Waals surface area (Å²) in [5.41, 5.74) is 0. The zero-order chi connectivity index (χ0) is 11.8. The fraction of sp³-hybridized carbons (Fsp3) is 0.875. The van der Waals surface area contributed by atoms with E-state index in [9.17, 15) is 18.7 Å². The highest BCUT2D eigenvalue weighted by Crippen LogP contribution is 2.36. The third-order valence-electron chi connectivity index (χ3n) is 2.57. The van der Waals surface area contributed by atoms with Gasteiger partial charge in [-0.25, -0.2) is 9.18 Å². The summed E-state index contributed by atoms with van der Waals surface area (Å²) in [4.78, 5) is 10.5. The second kappa shape index (κ2) is 3.99. The highest BCUT2D eigenvalue weighted by molar-refractivity contribution is 5.76. The van der Waals surface area contributed by atoms with Gasteiger partial charge in [-0.2, -0.15) is 4.39 Å². The Bertz CT molecular complexity index is 259. The molecule has 0 saturated carbocycles. The highest BCUT2D eigenvalue weighted by Gasteiger charge is 2.59. The van der Waals surface area contributed by atoms with Gasteiger partial charge in [0.2, 0.25) is 0 Å². The van der Waals surface area contributed by atoms with Crippen molar-refractivity contribution in [3.05, 3.63) is 0 Å². The van der Waals surface area contributed by atoms with Gasteiger partial charge in [0.1, 0.15) is 0 Å². The maximum absolute atomic E-state index is 13.5. The van der Waals surface area contributed by atoms with Gasteiger partial charge in [0.25, 0.3) is 0 Å². The largest absolute Gasteiger partial charge is 0.477 e. The quantitative estimate of drug-likeness (QED) is 0.588. The van der Waals surface area contributed by atoms with Crippen molar-refractivity contribution in [3.8, 4) is 0 Å². The lowest BCUT2D eigenvalue weighted by Crippen LogP contribution is -2.61. The minimum Gasteiger partial charge on any atom is -0.477 e. The average Bonchev–Trinajstić information content (AvgIpc) is 2.20. The van der Waals surface area contributed by atoms with Gasteiger partial charge in [0.05, 0.1) is 18.8 Å². The summed E-state index contributed by atoms with van der Waals surface area (Å²) < 4.78 is 31.0. The smallest absolute Gasteiger partial charge is 0.372 e. The van der Waals surface area contributed by atoms with Crippen molar-refractivity contribution in [1.82, 2.24) is 0 Å². The van der Waals surface area contributed by atoms with Crippen molar-refractivity contribution in [3.63, 3.8) is 0 Å². The summed E-state index contributed by atoms with van der Waals surface area (Å²) in [6.07, 6.45) is -5.74. The number of alkyl halides is 2. The third-order valence-corrected chi connectivity index (χ3v) is 2.57. The van der Waals surface area contributed by atoms with Crippen LogP contribution in [-0.4, -0.2) is 52.1 Å². The Labute approximate surface area is 84.3 Å². The molecule has 1 fully saturated rings. The molecule has 88 valence electrons. The third kappa shape index (κ3) is 1.82. The van der Waals surface area contributed by atoms with Gasteiger partial charge in [-0.15, -0.1) is 0 Å². The molecule has 1 saturated heterocycles. The molecule has 0 aromatic rings. The monoisotopic (exact) mass is 226 g/mol. The summed E-state index contributed by atoms with van der Waals surface area (Å²) in [5, 5.41) is 26.5. The van der Waals surface area contributed by atoms with Crippen LogP contribution in [-0.2, 0) is 9.53 Å². The fourth-order valence-corrected chi connectivity index (χ4v) is 1.47. The molecule has 0 aliphatic carbocycles. The van der Waals surface area contributed by atoms with Crippen molar-refractivity contribution in [1.29, 1.82) is 0 Å². The van der Waals surface area contributed by atoms with Crippen molar-refractivity contribution in [2.45, 2.75) is 31.2 Å². The number of halogens is 2. The molecule has 5 unspecified atom stereocenters.